The van der Waals surface area contributed by atoms with E-state index in [0.717, 1.165) is 44.1 Å². The summed E-state index contributed by atoms with van der Waals surface area (Å²) in [4.78, 5) is 28.5. The van der Waals surface area contributed by atoms with Crippen LogP contribution in [-0.2, 0) is 37.0 Å². The van der Waals surface area contributed by atoms with Gasteiger partial charge in [0.1, 0.15) is 10.0 Å². The molecule has 0 spiro atoms. The number of ether oxygens (including phenoxy) is 1. The molecule has 2 N–H and O–H groups in total. The predicted octanol–water partition coefficient (Wildman–Crippen LogP) is 6.25. The molecule has 0 radical (unpaired) electrons. The smallest absolute Gasteiger partial charge is 0.341 e. The molecule has 3 aromatic heterocycles. The van der Waals surface area contributed by atoms with Gasteiger partial charge in [-0.1, -0.05) is 6.42 Å². The Bertz CT molecular complexity index is 1180. The molecule has 3 aromatic rings. The largest absolute Gasteiger partial charge is 0.462 e. The SMILES string of the molecule is CCOC(=O)c1c(NC(=O)NCc2c(-n3cccc3)sc3c2CCCC3)sc2c1CCCCC2. The average Bonchev–Trinajstić information content (AvgIpc) is 3.52. The first-order chi connectivity index (χ1) is 16.7. The van der Waals surface area contributed by atoms with Crippen molar-refractivity contribution in [2.75, 3.05) is 11.9 Å². The number of thiophene rings is 2. The Morgan fingerprint density at radius 3 is 2.41 bits per heavy atom. The van der Waals surface area contributed by atoms with Gasteiger partial charge in [0.25, 0.3) is 0 Å². The maximum atomic E-state index is 13.0. The Balaban J connectivity index is 1.36. The lowest BCUT2D eigenvalue weighted by atomic mass is 9.95. The van der Waals surface area contributed by atoms with Gasteiger partial charge in [-0.2, -0.15) is 0 Å². The molecule has 3 heterocycles. The van der Waals surface area contributed by atoms with Crippen LogP contribution in [0.15, 0.2) is 24.5 Å². The van der Waals surface area contributed by atoms with Crippen LogP contribution in [0.25, 0.3) is 5.00 Å². The van der Waals surface area contributed by atoms with Crippen LogP contribution in [0, 0.1) is 0 Å². The molecule has 0 fully saturated rings. The Labute approximate surface area is 208 Å². The van der Waals surface area contributed by atoms with Crippen molar-refractivity contribution in [3.8, 4) is 5.00 Å². The molecule has 8 heteroatoms. The Morgan fingerprint density at radius 1 is 0.941 bits per heavy atom. The topological polar surface area (TPSA) is 72.4 Å². The van der Waals surface area contributed by atoms with Gasteiger partial charge in [0.05, 0.1) is 12.2 Å². The van der Waals surface area contributed by atoms with Crippen LogP contribution >= 0.6 is 22.7 Å². The van der Waals surface area contributed by atoms with Crippen molar-refractivity contribution >= 4 is 39.7 Å². The second-order valence-corrected chi connectivity index (χ2v) is 11.1. The van der Waals surface area contributed by atoms with E-state index in [2.05, 4.69) is 27.6 Å². The van der Waals surface area contributed by atoms with Crippen molar-refractivity contribution in [1.29, 1.82) is 0 Å². The Kier molecular flexibility index (Phi) is 7.06. The molecule has 2 aliphatic carbocycles. The van der Waals surface area contributed by atoms with E-state index < -0.39 is 0 Å². The summed E-state index contributed by atoms with van der Waals surface area (Å²) in [5.74, 6) is -0.334. The molecule has 2 aliphatic rings. The average molecular weight is 498 g/mol. The number of hydrogen-bond acceptors (Lipinski definition) is 5. The highest BCUT2D eigenvalue weighted by Gasteiger charge is 2.27. The van der Waals surface area contributed by atoms with Crippen molar-refractivity contribution in [3.63, 3.8) is 0 Å². The number of amides is 2. The van der Waals surface area contributed by atoms with Crippen LogP contribution in [-0.4, -0.2) is 23.2 Å². The fourth-order valence-corrected chi connectivity index (χ4v) is 7.69. The summed E-state index contributed by atoms with van der Waals surface area (Å²) in [6, 6.07) is 3.77. The molecule has 0 saturated heterocycles. The predicted molar refractivity (Wildman–Crippen MR) is 138 cm³/mol. The van der Waals surface area contributed by atoms with Gasteiger partial charge in [-0.15, -0.1) is 22.7 Å². The number of aromatic nitrogens is 1. The normalized spacial score (nSPS) is 15.2. The van der Waals surface area contributed by atoms with Crippen LogP contribution in [0.2, 0.25) is 0 Å². The molecular formula is C26H31N3O3S2. The van der Waals surface area contributed by atoms with Crippen LogP contribution in [0.5, 0.6) is 0 Å². The zero-order valence-electron chi connectivity index (χ0n) is 19.6. The number of aryl methyl sites for hydroxylation is 2. The number of esters is 1. The summed E-state index contributed by atoms with van der Waals surface area (Å²) < 4.78 is 7.49. The molecule has 5 rings (SSSR count). The number of nitrogens with one attached hydrogen (secondary N) is 2. The molecule has 180 valence electrons. The first kappa shape index (κ1) is 23.2. The molecule has 0 aliphatic heterocycles. The second-order valence-electron chi connectivity index (χ2n) is 8.88. The van der Waals surface area contributed by atoms with Gasteiger partial charge < -0.3 is 14.6 Å². The molecular weight excluding hydrogens is 466 g/mol. The number of urea groups is 1. The van der Waals surface area contributed by atoms with Crippen molar-refractivity contribution in [2.45, 2.75) is 71.3 Å². The van der Waals surface area contributed by atoms with Gasteiger partial charge in [-0.05, 0) is 81.5 Å². The maximum Gasteiger partial charge on any atom is 0.341 e. The Hall–Kier alpha value is -2.58. The first-order valence-electron chi connectivity index (χ1n) is 12.3. The lowest BCUT2D eigenvalue weighted by Gasteiger charge is -2.14. The molecule has 0 bridgehead atoms. The number of anilines is 1. The van der Waals surface area contributed by atoms with Gasteiger partial charge >= 0.3 is 12.0 Å². The number of nitrogens with zero attached hydrogens (tertiary/aromatic N) is 1. The minimum Gasteiger partial charge on any atom is -0.462 e. The fourth-order valence-electron chi connectivity index (χ4n) is 5.04. The zero-order chi connectivity index (χ0) is 23.5. The van der Waals surface area contributed by atoms with E-state index in [1.165, 1.54) is 56.5 Å². The van der Waals surface area contributed by atoms with Crippen molar-refractivity contribution in [3.05, 3.63) is 56.5 Å². The van der Waals surface area contributed by atoms with E-state index in [0.29, 0.717) is 23.7 Å². The summed E-state index contributed by atoms with van der Waals surface area (Å²) in [7, 11) is 0. The van der Waals surface area contributed by atoms with Crippen LogP contribution < -0.4 is 10.6 Å². The monoisotopic (exact) mass is 497 g/mol. The zero-order valence-corrected chi connectivity index (χ0v) is 21.2. The summed E-state index contributed by atoms with van der Waals surface area (Å²) in [6.45, 7) is 2.60. The van der Waals surface area contributed by atoms with Gasteiger partial charge in [0.15, 0.2) is 0 Å². The van der Waals surface area contributed by atoms with Gasteiger partial charge in [-0.3, -0.25) is 5.32 Å². The van der Waals surface area contributed by atoms with Crippen LogP contribution in [0.4, 0.5) is 9.80 Å². The van der Waals surface area contributed by atoms with E-state index >= 15 is 0 Å². The van der Waals surface area contributed by atoms with Gasteiger partial charge in [0.2, 0.25) is 0 Å². The summed E-state index contributed by atoms with van der Waals surface area (Å²) >= 11 is 3.37. The van der Waals surface area contributed by atoms with Crippen molar-refractivity contribution < 1.29 is 14.3 Å². The third-order valence-electron chi connectivity index (χ3n) is 6.65. The number of fused-ring (bicyclic) bond motifs is 2. The second kappa shape index (κ2) is 10.4. The summed E-state index contributed by atoms with van der Waals surface area (Å²) in [5.41, 5.74) is 4.23. The maximum absolute atomic E-state index is 13.0. The van der Waals surface area contributed by atoms with Crippen LogP contribution in [0.3, 0.4) is 0 Å². The van der Waals surface area contributed by atoms with Crippen LogP contribution in [0.1, 0.15) is 75.8 Å². The molecule has 34 heavy (non-hydrogen) atoms. The first-order valence-corrected chi connectivity index (χ1v) is 13.9. The highest BCUT2D eigenvalue weighted by atomic mass is 32.1. The van der Waals surface area contributed by atoms with Gasteiger partial charge in [-0.25, -0.2) is 9.59 Å². The molecule has 6 nitrogen and oxygen atoms in total. The van der Waals surface area contributed by atoms with Gasteiger partial charge in [0, 0.05) is 34.3 Å². The standard InChI is InChI=1S/C26H31N3O3S2/c1-2-32-25(30)22-18-11-4-3-5-12-21(18)33-23(22)28-26(31)27-16-19-17-10-6-7-13-20(17)34-24(19)29-14-8-9-15-29/h8-9,14-15H,2-7,10-13,16H2,1H3,(H2,27,28,31). The minimum absolute atomic E-state index is 0.281. The van der Waals surface area contributed by atoms with E-state index in [1.54, 1.807) is 0 Å². The summed E-state index contributed by atoms with van der Waals surface area (Å²) in [5, 5.41) is 7.86. The minimum atomic E-state index is -0.334. The van der Waals surface area contributed by atoms with E-state index in [-0.39, 0.29) is 12.0 Å². The number of carbonyl (C=O) groups is 2. The molecule has 0 atom stereocenters. The van der Waals surface area contributed by atoms with Crippen molar-refractivity contribution in [1.82, 2.24) is 9.88 Å². The molecule has 0 unspecified atom stereocenters. The highest BCUT2D eigenvalue weighted by Crippen LogP contribution is 2.39. The van der Waals surface area contributed by atoms with E-state index in [1.807, 2.05) is 30.4 Å². The summed E-state index contributed by atoms with van der Waals surface area (Å²) in [6.07, 6.45) is 13.9. The molecule has 0 saturated carbocycles. The highest BCUT2D eigenvalue weighted by molar-refractivity contribution is 7.17. The van der Waals surface area contributed by atoms with Crippen molar-refractivity contribution in [2.24, 2.45) is 0 Å². The number of carbonyl (C=O) groups excluding carboxylic acids is 2. The quantitative estimate of drug-likeness (QED) is 0.312. The number of rotatable bonds is 6. The number of hydrogen-bond donors (Lipinski definition) is 2. The van der Waals surface area contributed by atoms with E-state index in [4.69, 9.17) is 4.74 Å². The Morgan fingerprint density at radius 2 is 1.62 bits per heavy atom. The molecule has 2 amide bonds. The fraction of sp³-hybridized carbons (Fsp3) is 0.462. The lowest BCUT2D eigenvalue weighted by Crippen LogP contribution is -2.29. The lowest BCUT2D eigenvalue weighted by molar-refractivity contribution is 0.0527. The van der Waals surface area contributed by atoms with E-state index in [9.17, 15) is 9.59 Å². The third kappa shape index (κ3) is 4.66. The molecule has 0 aromatic carbocycles. The third-order valence-corrected chi connectivity index (χ3v) is 9.21.